The highest BCUT2D eigenvalue weighted by molar-refractivity contribution is 5.89. The van der Waals surface area contributed by atoms with E-state index in [1.54, 1.807) is 30.3 Å². The summed E-state index contributed by atoms with van der Waals surface area (Å²) < 4.78 is 18.0. The molecule has 0 N–H and O–H groups in total. The molecule has 0 spiro atoms. The van der Waals surface area contributed by atoms with Crippen molar-refractivity contribution in [1.29, 1.82) is 0 Å². The second kappa shape index (κ2) is 7.24. The zero-order chi connectivity index (χ0) is 12.5. The van der Waals surface area contributed by atoms with E-state index in [9.17, 15) is 9.59 Å². The van der Waals surface area contributed by atoms with Crippen LogP contribution in [0.4, 0.5) is 4.79 Å². The third-order valence-electron chi connectivity index (χ3n) is 1.67. The Balaban J connectivity index is 2.23. The maximum Gasteiger partial charge on any atom is 0.513 e. The molecule has 0 radical (unpaired) electrons. The Morgan fingerprint density at radius 3 is 2.29 bits per heavy atom. The van der Waals surface area contributed by atoms with E-state index < -0.39 is 18.9 Å². The summed E-state index contributed by atoms with van der Waals surface area (Å²) in [5.41, 5.74) is 0.376. The van der Waals surface area contributed by atoms with Gasteiger partial charge < -0.3 is 18.9 Å². The van der Waals surface area contributed by atoms with Gasteiger partial charge in [0.2, 0.25) is 6.79 Å². The topological polar surface area (TPSA) is 71.1 Å². The molecule has 0 fully saturated rings. The fourth-order valence-corrected chi connectivity index (χ4v) is 0.937. The van der Waals surface area contributed by atoms with Gasteiger partial charge in [-0.25, -0.2) is 9.59 Å². The fraction of sp³-hybridized carbons (Fsp3) is 0.273. The van der Waals surface area contributed by atoms with Gasteiger partial charge in [-0.05, 0) is 12.1 Å². The standard InChI is InChI=1S/C11H12O6/c1-14-7-16-11(13)17-8-15-10(12)9-5-3-2-4-6-9/h2-6H,7-8H2,1H3. The van der Waals surface area contributed by atoms with Gasteiger partial charge in [-0.1, -0.05) is 18.2 Å². The highest BCUT2D eigenvalue weighted by atomic mass is 16.8. The first-order chi connectivity index (χ1) is 8.24. The molecule has 6 nitrogen and oxygen atoms in total. The second-order valence-corrected chi connectivity index (χ2v) is 2.86. The Kier molecular flexibility index (Phi) is 5.53. The monoisotopic (exact) mass is 240 g/mol. The predicted octanol–water partition coefficient (Wildman–Crippen LogP) is 1.56. The van der Waals surface area contributed by atoms with E-state index in [0.717, 1.165) is 0 Å². The molecule has 6 heteroatoms. The first kappa shape index (κ1) is 13.0. The van der Waals surface area contributed by atoms with Crippen molar-refractivity contribution in [3.05, 3.63) is 35.9 Å². The third kappa shape index (κ3) is 4.98. The number of benzene rings is 1. The number of hydrogen-bond acceptors (Lipinski definition) is 6. The van der Waals surface area contributed by atoms with Crippen LogP contribution in [0.25, 0.3) is 0 Å². The van der Waals surface area contributed by atoms with Crippen LogP contribution in [-0.2, 0) is 18.9 Å². The molecule has 1 rings (SSSR count). The Hall–Kier alpha value is -2.08. The Morgan fingerprint density at radius 1 is 1.00 bits per heavy atom. The summed E-state index contributed by atoms with van der Waals surface area (Å²) in [6.45, 7) is -0.720. The Morgan fingerprint density at radius 2 is 1.65 bits per heavy atom. The summed E-state index contributed by atoms with van der Waals surface area (Å²) in [6.07, 6.45) is -0.965. The summed E-state index contributed by atoms with van der Waals surface area (Å²) in [4.78, 5) is 22.2. The molecule has 0 saturated heterocycles. The third-order valence-corrected chi connectivity index (χ3v) is 1.67. The number of hydrogen-bond donors (Lipinski definition) is 0. The molecule has 0 aliphatic carbocycles. The zero-order valence-corrected chi connectivity index (χ0v) is 9.25. The molecule has 17 heavy (non-hydrogen) atoms. The van der Waals surface area contributed by atoms with Gasteiger partial charge in [-0.2, -0.15) is 0 Å². The molecule has 92 valence electrons. The predicted molar refractivity (Wildman–Crippen MR) is 56.2 cm³/mol. The number of carbonyl (C=O) groups excluding carboxylic acids is 2. The Labute approximate surface area is 98.0 Å². The van der Waals surface area contributed by atoms with E-state index in [-0.39, 0.29) is 6.79 Å². The van der Waals surface area contributed by atoms with E-state index in [1.165, 1.54) is 7.11 Å². The van der Waals surface area contributed by atoms with Crippen LogP contribution >= 0.6 is 0 Å². The van der Waals surface area contributed by atoms with Gasteiger partial charge in [0.05, 0.1) is 5.56 Å². The van der Waals surface area contributed by atoms with Crippen molar-refractivity contribution in [3.63, 3.8) is 0 Å². The molecule has 0 aliphatic rings. The number of methoxy groups -OCH3 is 1. The molecule has 0 amide bonds. The van der Waals surface area contributed by atoms with Crippen LogP contribution in [0, 0.1) is 0 Å². The first-order valence-corrected chi connectivity index (χ1v) is 4.74. The number of rotatable bonds is 5. The van der Waals surface area contributed by atoms with E-state index in [0.29, 0.717) is 5.56 Å². The van der Waals surface area contributed by atoms with Gasteiger partial charge >= 0.3 is 12.1 Å². The molecule has 0 saturated carbocycles. The lowest BCUT2D eigenvalue weighted by Crippen LogP contribution is -2.14. The van der Waals surface area contributed by atoms with Crippen LogP contribution in [0.2, 0.25) is 0 Å². The van der Waals surface area contributed by atoms with Gasteiger partial charge in [0.15, 0.2) is 6.79 Å². The summed E-state index contributed by atoms with van der Waals surface area (Å²) in [5.74, 6) is -0.579. The average molecular weight is 240 g/mol. The minimum Gasteiger partial charge on any atom is -0.424 e. The molecular formula is C11H12O6. The van der Waals surface area contributed by atoms with Crippen molar-refractivity contribution in [2.75, 3.05) is 20.7 Å². The normalized spacial score (nSPS) is 9.47. The SMILES string of the molecule is COCOC(=O)OCOC(=O)c1ccccc1. The van der Waals surface area contributed by atoms with Crippen LogP contribution in [0.15, 0.2) is 30.3 Å². The lowest BCUT2D eigenvalue weighted by atomic mass is 10.2. The van der Waals surface area contributed by atoms with Crippen LogP contribution < -0.4 is 0 Å². The van der Waals surface area contributed by atoms with E-state index >= 15 is 0 Å². The summed E-state index contributed by atoms with van der Waals surface area (Å²) in [6, 6.07) is 8.35. The van der Waals surface area contributed by atoms with E-state index in [2.05, 4.69) is 18.9 Å². The molecule has 0 aliphatic heterocycles. The number of esters is 1. The van der Waals surface area contributed by atoms with Crippen LogP contribution in [0.3, 0.4) is 0 Å². The van der Waals surface area contributed by atoms with Crippen molar-refractivity contribution in [2.45, 2.75) is 0 Å². The Bertz CT molecular complexity index is 361. The molecule has 0 heterocycles. The number of carbonyl (C=O) groups is 2. The van der Waals surface area contributed by atoms with Gasteiger partial charge in [0, 0.05) is 7.11 Å². The minimum absolute atomic E-state index is 0.217. The van der Waals surface area contributed by atoms with Gasteiger partial charge in [0.1, 0.15) is 0 Å². The fourth-order valence-electron chi connectivity index (χ4n) is 0.937. The maximum atomic E-state index is 11.4. The average Bonchev–Trinajstić information content (AvgIpc) is 2.37. The summed E-state index contributed by atoms with van der Waals surface area (Å²) >= 11 is 0. The van der Waals surface area contributed by atoms with Crippen molar-refractivity contribution < 1.29 is 28.5 Å². The largest absolute Gasteiger partial charge is 0.513 e. The maximum absolute atomic E-state index is 11.4. The number of ether oxygens (including phenoxy) is 4. The van der Waals surface area contributed by atoms with Gasteiger partial charge in [0.25, 0.3) is 0 Å². The van der Waals surface area contributed by atoms with E-state index in [1.807, 2.05) is 0 Å². The van der Waals surface area contributed by atoms with Crippen molar-refractivity contribution in [2.24, 2.45) is 0 Å². The van der Waals surface area contributed by atoms with Crippen LogP contribution in [-0.4, -0.2) is 32.8 Å². The molecule has 0 atom stereocenters. The lowest BCUT2D eigenvalue weighted by molar-refractivity contribution is -0.0586. The highest BCUT2D eigenvalue weighted by Gasteiger charge is 2.08. The highest BCUT2D eigenvalue weighted by Crippen LogP contribution is 2.01. The van der Waals surface area contributed by atoms with Crippen molar-refractivity contribution in [3.8, 4) is 0 Å². The van der Waals surface area contributed by atoms with Crippen LogP contribution in [0.1, 0.15) is 10.4 Å². The van der Waals surface area contributed by atoms with Crippen molar-refractivity contribution >= 4 is 12.1 Å². The van der Waals surface area contributed by atoms with Gasteiger partial charge in [-0.15, -0.1) is 0 Å². The van der Waals surface area contributed by atoms with Crippen LogP contribution in [0.5, 0.6) is 0 Å². The summed E-state index contributed by atoms with van der Waals surface area (Å²) in [5, 5.41) is 0. The molecule has 1 aromatic carbocycles. The molecular weight excluding hydrogens is 228 g/mol. The molecule has 0 bridgehead atoms. The van der Waals surface area contributed by atoms with Crippen molar-refractivity contribution in [1.82, 2.24) is 0 Å². The van der Waals surface area contributed by atoms with Gasteiger partial charge in [-0.3, -0.25) is 0 Å². The summed E-state index contributed by atoms with van der Waals surface area (Å²) in [7, 11) is 1.36. The zero-order valence-electron chi connectivity index (χ0n) is 9.25. The first-order valence-electron chi connectivity index (χ1n) is 4.74. The molecule has 0 unspecified atom stereocenters. The smallest absolute Gasteiger partial charge is 0.424 e. The van der Waals surface area contributed by atoms with E-state index in [4.69, 9.17) is 0 Å². The lowest BCUT2D eigenvalue weighted by Gasteiger charge is -2.06. The second-order valence-electron chi connectivity index (χ2n) is 2.86. The molecule has 0 aromatic heterocycles. The minimum atomic E-state index is -0.965. The molecule has 1 aromatic rings. The quantitative estimate of drug-likeness (QED) is 0.574.